The van der Waals surface area contributed by atoms with Crippen LogP contribution in [0.25, 0.3) is 11.1 Å². The third-order valence-corrected chi connectivity index (χ3v) is 3.93. The molecule has 24 heavy (non-hydrogen) atoms. The summed E-state index contributed by atoms with van der Waals surface area (Å²) in [7, 11) is 0. The van der Waals surface area contributed by atoms with Crippen LogP contribution in [0.2, 0.25) is 0 Å². The molecule has 0 saturated carbocycles. The van der Waals surface area contributed by atoms with Crippen LogP contribution < -0.4 is 0 Å². The van der Waals surface area contributed by atoms with Crippen molar-refractivity contribution < 1.29 is 9.72 Å². The molecule has 3 aromatic carbocycles. The lowest BCUT2D eigenvalue weighted by molar-refractivity contribution is -0.384. The van der Waals surface area contributed by atoms with Gasteiger partial charge in [0.05, 0.1) is 4.92 Å². The molecule has 0 unspecified atom stereocenters. The van der Waals surface area contributed by atoms with Gasteiger partial charge in [-0.2, -0.15) is 0 Å². The van der Waals surface area contributed by atoms with Crippen molar-refractivity contribution in [1.82, 2.24) is 0 Å². The van der Waals surface area contributed by atoms with Gasteiger partial charge in [0.15, 0.2) is 5.78 Å². The van der Waals surface area contributed by atoms with E-state index in [0.717, 1.165) is 16.7 Å². The molecule has 0 heterocycles. The van der Waals surface area contributed by atoms with E-state index in [1.807, 2.05) is 42.5 Å². The minimum absolute atomic E-state index is 0.0788. The summed E-state index contributed by atoms with van der Waals surface area (Å²) >= 11 is 0. The highest BCUT2D eigenvalue weighted by atomic mass is 16.6. The first kappa shape index (κ1) is 15.6. The topological polar surface area (TPSA) is 60.2 Å². The van der Waals surface area contributed by atoms with Crippen LogP contribution in [-0.4, -0.2) is 10.7 Å². The van der Waals surface area contributed by atoms with E-state index in [1.165, 1.54) is 12.1 Å². The number of carbonyl (C=O) groups excluding carboxylic acids is 1. The van der Waals surface area contributed by atoms with E-state index >= 15 is 0 Å². The summed E-state index contributed by atoms with van der Waals surface area (Å²) in [6.45, 7) is 1.77. The highest BCUT2D eigenvalue weighted by Crippen LogP contribution is 2.23. The highest BCUT2D eigenvalue weighted by molar-refractivity contribution is 6.10. The largest absolute Gasteiger partial charge is 0.289 e. The molecule has 0 fully saturated rings. The SMILES string of the molecule is Cc1ccc([N+](=O)[O-])cc1C(=O)c1ccc(-c2ccccc2)cc1. The molecule has 0 spiro atoms. The molecule has 118 valence electrons. The fourth-order valence-electron chi connectivity index (χ4n) is 2.57. The van der Waals surface area contributed by atoms with Gasteiger partial charge in [-0.1, -0.05) is 60.7 Å². The van der Waals surface area contributed by atoms with Gasteiger partial charge in [-0.25, -0.2) is 0 Å². The first-order valence-electron chi connectivity index (χ1n) is 7.51. The zero-order chi connectivity index (χ0) is 17.1. The number of nitro groups is 1. The molecule has 3 rings (SSSR count). The summed E-state index contributed by atoms with van der Waals surface area (Å²) in [5.41, 5.74) is 3.60. The minimum Gasteiger partial charge on any atom is -0.289 e. The second-order valence-electron chi connectivity index (χ2n) is 5.53. The summed E-state index contributed by atoms with van der Waals surface area (Å²) in [5.74, 6) is -0.212. The van der Waals surface area contributed by atoms with Crippen LogP contribution >= 0.6 is 0 Å². The fourth-order valence-corrected chi connectivity index (χ4v) is 2.57. The molecule has 0 aliphatic heterocycles. The van der Waals surface area contributed by atoms with Gasteiger partial charge in [0.25, 0.3) is 5.69 Å². The van der Waals surface area contributed by atoms with Gasteiger partial charge in [-0.15, -0.1) is 0 Å². The van der Waals surface area contributed by atoms with Crippen LogP contribution in [0.3, 0.4) is 0 Å². The number of aryl methyl sites for hydroxylation is 1. The van der Waals surface area contributed by atoms with Gasteiger partial charge in [-0.05, 0) is 23.6 Å². The van der Waals surface area contributed by atoms with Crippen molar-refractivity contribution in [1.29, 1.82) is 0 Å². The second kappa shape index (κ2) is 6.46. The third kappa shape index (κ3) is 3.08. The van der Waals surface area contributed by atoms with Gasteiger partial charge in [-0.3, -0.25) is 14.9 Å². The van der Waals surface area contributed by atoms with E-state index in [1.54, 1.807) is 25.1 Å². The maximum absolute atomic E-state index is 12.7. The Morgan fingerprint density at radius 2 is 1.50 bits per heavy atom. The number of hydrogen-bond donors (Lipinski definition) is 0. The van der Waals surface area contributed by atoms with Crippen LogP contribution in [0.5, 0.6) is 0 Å². The Morgan fingerprint density at radius 3 is 2.12 bits per heavy atom. The molecular formula is C20H15NO3. The zero-order valence-electron chi connectivity index (χ0n) is 13.1. The summed E-state index contributed by atoms with van der Waals surface area (Å²) in [5, 5.41) is 10.9. The minimum atomic E-state index is -0.491. The molecule has 4 heteroatoms. The molecule has 0 aliphatic carbocycles. The number of rotatable bonds is 4. The van der Waals surface area contributed by atoms with Crippen LogP contribution in [0.15, 0.2) is 72.8 Å². The maximum atomic E-state index is 12.7. The first-order valence-corrected chi connectivity index (χ1v) is 7.51. The van der Waals surface area contributed by atoms with Gasteiger partial charge in [0, 0.05) is 23.3 Å². The Morgan fingerprint density at radius 1 is 0.875 bits per heavy atom. The molecule has 0 atom stereocenters. The molecule has 0 amide bonds. The lowest BCUT2D eigenvalue weighted by Gasteiger charge is -2.07. The van der Waals surface area contributed by atoms with Crippen molar-refractivity contribution in [3.8, 4) is 11.1 Å². The smallest absolute Gasteiger partial charge is 0.270 e. The summed E-state index contributed by atoms with van der Waals surface area (Å²) < 4.78 is 0. The van der Waals surface area contributed by atoms with Gasteiger partial charge in [0.2, 0.25) is 0 Å². The molecule has 4 nitrogen and oxygen atoms in total. The van der Waals surface area contributed by atoms with E-state index in [4.69, 9.17) is 0 Å². The van der Waals surface area contributed by atoms with E-state index in [2.05, 4.69) is 0 Å². The standard InChI is InChI=1S/C20H15NO3/c1-14-7-12-18(21(23)24)13-19(14)20(22)17-10-8-16(9-11-17)15-5-3-2-4-6-15/h2-13H,1H3. The summed E-state index contributed by atoms with van der Waals surface area (Å²) in [4.78, 5) is 23.1. The number of nitro benzene ring substituents is 1. The average molecular weight is 317 g/mol. The molecule has 0 aromatic heterocycles. The van der Waals surface area contributed by atoms with Crippen LogP contribution in [0.1, 0.15) is 21.5 Å². The molecule has 0 saturated heterocycles. The number of ketones is 1. The predicted octanol–water partition coefficient (Wildman–Crippen LogP) is 4.80. The monoisotopic (exact) mass is 317 g/mol. The van der Waals surface area contributed by atoms with Crippen LogP contribution in [0, 0.1) is 17.0 Å². The van der Waals surface area contributed by atoms with Gasteiger partial charge in [0.1, 0.15) is 0 Å². The van der Waals surface area contributed by atoms with Gasteiger partial charge >= 0.3 is 0 Å². The van der Waals surface area contributed by atoms with E-state index < -0.39 is 4.92 Å². The fraction of sp³-hybridized carbons (Fsp3) is 0.0500. The number of non-ortho nitro benzene ring substituents is 1. The lowest BCUT2D eigenvalue weighted by atomic mass is 9.96. The molecular weight excluding hydrogens is 302 g/mol. The predicted molar refractivity (Wildman–Crippen MR) is 93.1 cm³/mol. The Labute approximate surface area is 139 Å². The number of benzene rings is 3. The highest BCUT2D eigenvalue weighted by Gasteiger charge is 2.16. The Kier molecular flexibility index (Phi) is 4.20. The Bertz CT molecular complexity index is 900. The van der Waals surface area contributed by atoms with Gasteiger partial charge < -0.3 is 0 Å². The van der Waals surface area contributed by atoms with Crippen molar-refractivity contribution in [2.75, 3.05) is 0 Å². The Hall–Kier alpha value is -3.27. The van der Waals surface area contributed by atoms with Crippen molar-refractivity contribution in [3.63, 3.8) is 0 Å². The number of hydrogen-bond acceptors (Lipinski definition) is 3. The van der Waals surface area contributed by atoms with Crippen molar-refractivity contribution in [2.45, 2.75) is 6.92 Å². The van der Waals surface area contributed by atoms with Crippen molar-refractivity contribution in [2.24, 2.45) is 0 Å². The zero-order valence-corrected chi connectivity index (χ0v) is 13.1. The number of carbonyl (C=O) groups is 1. The summed E-state index contributed by atoms with van der Waals surface area (Å²) in [6, 6.07) is 21.5. The first-order chi connectivity index (χ1) is 11.6. The van der Waals surface area contributed by atoms with E-state index in [0.29, 0.717) is 11.1 Å². The maximum Gasteiger partial charge on any atom is 0.270 e. The second-order valence-corrected chi connectivity index (χ2v) is 5.53. The molecule has 0 N–H and O–H groups in total. The molecule has 3 aromatic rings. The van der Waals surface area contributed by atoms with E-state index in [-0.39, 0.29) is 11.5 Å². The average Bonchev–Trinajstić information content (AvgIpc) is 2.62. The normalized spacial score (nSPS) is 10.4. The molecule has 0 radical (unpaired) electrons. The number of nitrogens with zero attached hydrogens (tertiary/aromatic N) is 1. The third-order valence-electron chi connectivity index (χ3n) is 3.93. The summed E-state index contributed by atoms with van der Waals surface area (Å²) in [6.07, 6.45) is 0. The van der Waals surface area contributed by atoms with Crippen molar-refractivity contribution >= 4 is 11.5 Å². The van der Waals surface area contributed by atoms with Crippen LogP contribution in [0.4, 0.5) is 5.69 Å². The van der Waals surface area contributed by atoms with E-state index in [9.17, 15) is 14.9 Å². The molecule has 0 bridgehead atoms. The Balaban J connectivity index is 1.94. The van der Waals surface area contributed by atoms with Crippen LogP contribution in [-0.2, 0) is 0 Å². The molecule has 0 aliphatic rings. The quantitative estimate of drug-likeness (QED) is 0.394. The van der Waals surface area contributed by atoms with Crippen molar-refractivity contribution in [3.05, 3.63) is 99.6 Å². The lowest BCUT2D eigenvalue weighted by Crippen LogP contribution is -2.04.